The highest BCUT2D eigenvalue weighted by Crippen LogP contribution is 2.13. The van der Waals surface area contributed by atoms with Gasteiger partial charge in [0.2, 0.25) is 5.91 Å². The molecule has 16 heavy (non-hydrogen) atoms. The third-order valence-electron chi connectivity index (χ3n) is 2.00. The van der Waals surface area contributed by atoms with Gasteiger partial charge in [-0.1, -0.05) is 13.8 Å². The fourth-order valence-corrected chi connectivity index (χ4v) is 1.37. The van der Waals surface area contributed by atoms with Gasteiger partial charge in [0.25, 0.3) is 0 Å². The summed E-state index contributed by atoms with van der Waals surface area (Å²) in [6, 6.07) is -0.775. The van der Waals surface area contributed by atoms with Gasteiger partial charge in [0.1, 0.15) is 6.54 Å². The molecule has 1 rings (SSSR count). The first-order valence-corrected chi connectivity index (χ1v) is 4.80. The topological polar surface area (TPSA) is 101 Å². The summed E-state index contributed by atoms with van der Waals surface area (Å²) in [4.78, 5) is 46.4. The molecule has 0 unspecified atom stereocenters. The van der Waals surface area contributed by atoms with Crippen molar-refractivity contribution in [1.82, 2.24) is 9.80 Å². The SMILES string of the molecule is CC(C)CN1C(=O)C(=O)N(CC(N)=O)C1=O. The predicted octanol–water partition coefficient (Wildman–Crippen LogP) is -1.08. The van der Waals surface area contributed by atoms with Crippen molar-refractivity contribution in [3.63, 3.8) is 0 Å². The van der Waals surface area contributed by atoms with Crippen LogP contribution in [0.4, 0.5) is 4.79 Å². The van der Waals surface area contributed by atoms with Gasteiger partial charge in [0.15, 0.2) is 0 Å². The minimum Gasteiger partial charge on any atom is -0.368 e. The quantitative estimate of drug-likeness (QED) is 0.487. The van der Waals surface area contributed by atoms with Crippen LogP contribution < -0.4 is 5.73 Å². The Morgan fingerprint density at radius 2 is 1.69 bits per heavy atom. The van der Waals surface area contributed by atoms with Crippen LogP contribution in [0.1, 0.15) is 13.8 Å². The van der Waals surface area contributed by atoms with Crippen molar-refractivity contribution in [2.75, 3.05) is 13.1 Å². The van der Waals surface area contributed by atoms with E-state index in [1.54, 1.807) is 0 Å². The zero-order chi connectivity index (χ0) is 12.5. The average Bonchev–Trinajstić information content (AvgIpc) is 2.34. The van der Waals surface area contributed by atoms with E-state index in [2.05, 4.69) is 0 Å². The first-order valence-electron chi connectivity index (χ1n) is 4.80. The van der Waals surface area contributed by atoms with E-state index in [-0.39, 0.29) is 12.5 Å². The minimum atomic E-state index is -0.996. The number of primary amides is 1. The van der Waals surface area contributed by atoms with Gasteiger partial charge in [0.05, 0.1) is 0 Å². The molecule has 0 aromatic rings. The molecule has 7 nitrogen and oxygen atoms in total. The van der Waals surface area contributed by atoms with Crippen molar-refractivity contribution in [3.8, 4) is 0 Å². The van der Waals surface area contributed by atoms with E-state index in [0.717, 1.165) is 4.90 Å². The molecule has 0 bridgehead atoms. The Bertz CT molecular complexity index is 364. The van der Waals surface area contributed by atoms with Gasteiger partial charge in [0, 0.05) is 6.54 Å². The molecule has 2 N–H and O–H groups in total. The minimum absolute atomic E-state index is 0.0502. The number of hydrogen-bond donors (Lipinski definition) is 1. The Morgan fingerprint density at radius 1 is 1.19 bits per heavy atom. The highest BCUT2D eigenvalue weighted by atomic mass is 16.2. The molecule has 1 saturated heterocycles. The summed E-state index contributed by atoms with van der Waals surface area (Å²) in [5, 5.41) is 0. The van der Waals surface area contributed by atoms with Crippen molar-refractivity contribution >= 4 is 23.8 Å². The number of carbonyl (C=O) groups is 4. The fraction of sp³-hybridized carbons (Fsp3) is 0.556. The van der Waals surface area contributed by atoms with Crippen LogP contribution in [-0.4, -0.2) is 46.6 Å². The van der Waals surface area contributed by atoms with Crippen LogP contribution in [0.5, 0.6) is 0 Å². The van der Waals surface area contributed by atoms with Crippen LogP contribution in [0.3, 0.4) is 0 Å². The summed E-state index contributed by atoms with van der Waals surface area (Å²) in [5.74, 6) is -2.68. The van der Waals surface area contributed by atoms with E-state index in [1.807, 2.05) is 13.8 Å². The van der Waals surface area contributed by atoms with Crippen LogP contribution in [-0.2, 0) is 14.4 Å². The first-order chi connectivity index (χ1) is 7.34. The number of nitrogens with two attached hydrogens (primary N) is 1. The maximum atomic E-state index is 11.6. The number of amides is 5. The van der Waals surface area contributed by atoms with E-state index in [9.17, 15) is 19.2 Å². The van der Waals surface area contributed by atoms with E-state index in [1.165, 1.54) is 0 Å². The van der Waals surface area contributed by atoms with E-state index in [4.69, 9.17) is 5.73 Å². The van der Waals surface area contributed by atoms with Crippen LogP contribution in [0.2, 0.25) is 0 Å². The molecular formula is C9H13N3O4. The third-order valence-corrected chi connectivity index (χ3v) is 2.00. The van der Waals surface area contributed by atoms with E-state index < -0.39 is 30.3 Å². The van der Waals surface area contributed by atoms with Gasteiger partial charge in [-0.2, -0.15) is 0 Å². The lowest BCUT2D eigenvalue weighted by molar-refractivity contribution is -0.144. The van der Waals surface area contributed by atoms with Crippen molar-refractivity contribution in [2.45, 2.75) is 13.8 Å². The molecule has 1 heterocycles. The maximum Gasteiger partial charge on any atom is 0.334 e. The Hall–Kier alpha value is -1.92. The number of hydrogen-bond acceptors (Lipinski definition) is 4. The smallest absolute Gasteiger partial charge is 0.334 e. The molecule has 1 aliphatic heterocycles. The third kappa shape index (κ3) is 2.18. The number of carbonyl (C=O) groups excluding carboxylic acids is 4. The van der Waals surface area contributed by atoms with Crippen LogP contribution in [0, 0.1) is 5.92 Å². The van der Waals surface area contributed by atoms with Crippen molar-refractivity contribution in [1.29, 1.82) is 0 Å². The monoisotopic (exact) mass is 227 g/mol. The predicted molar refractivity (Wildman–Crippen MR) is 52.9 cm³/mol. The number of rotatable bonds is 4. The summed E-state index contributed by atoms with van der Waals surface area (Å²) in [6.45, 7) is 3.21. The molecule has 0 aliphatic carbocycles. The normalized spacial score (nSPS) is 16.6. The zero-order valence-corrected chi connectivity index (χ0v) is 9.10. The van der Waals surface area contributed by atoms with Crippen LogP contribution in [0.15, 0.2) is 0 Å². The number of imide groups is 2. The lowest BCUT2D eigenvalue weighted by atomic mass is 10.2. The summed E-state index contributed by atoms with van der Waals surface area (Å²) in [5.41, 5.74) is 4.87. The molecule has 88 valence electrons. The average molecular weight is 227 g/mol. The standard InChI is InChI=1S/C9H13N3O4/c1-5(2)3-11-7(14)8(15)12(9(11)16)4-6(10)13/h5H,3-4H2,1-2H3,(H2,10,13). The van der Waals surface area contributed by atoms with Gasteiger partial charge in [-0.3, -0.25) is 19.3 Å². The van der Waals surface area contributed by atoms with Crippen molar-refractivity contribution < 1.29 is 19.2 Å². The second kappa shape index (κ2) is 4.30. The Kier molecular flexibility index (Phi) is 3.26. The van der Waals surface area contributed by atoms with E-state index >= 15 is 0 Å². The first kappa shape index (κ1) is 12.2. The van der Waals surface area contributed by atoms with Gasteiger partial charge >= 0.3 is 17.8 Å². The number of urea groups is 1. The van der Waals surface area contributed by atoms with Crippen molar-refractivity contribution in [3.05, 3.63) is 0 Å². The molecule has 0 aromatic heterocycles. The molecule has 0 saturated carbocycles. The molecule has 0 aromatic carbocycles. The molecule has 7 heteroatoms. The second-order valence-corrected chi connectivity index (χ2v) is 3.95. The molecule has 0 spiro atoms. The lowest BCUT2D eigenvalue weighted by Crippen LogP contribution is -2.40. The zero-order valence-electron chi connectivity index (χ0n) is 9.10. The Balaban J connectivity index is 2.86. The largest absolute Gasteiger partial charge is 0.368 e. The highest BCUT2D eigenvalue weighted by molar-refractivity contribution is 6.45. The van der Waals surface area contributed by atoms with Crippen LogP contribution >= 0.6 is 0 Å². The maximum absolute atomic E-state index is 11.6. The van der Waals surface area contributed by atoms with Gasteiger partial charge < -0.3 is 5.73 Å². The van der Waals surface area contributed by atoms with Crippen LogP contribution in [0.25, 0.3) is 0 Å². The summed E-state index contributed by atoms with van der Waals surface area (Å²) >= 11 is 0. The summed E-state index contributed by atoms with van der Waals surface area (Å²) in [6.07, 6.45) is 0. The second-order valence-electron chi connectivity index (χ2n) is 3.95. The van der Waals surface area contributed by atoms with Gasteiger partial charge in [-0.25, -0.2) is 9.69 Å². The lowest BCUT2D eigenvalue weighted by Gasteiger charge is -2.15. The fourth-order valence-electron chi connectivity index (χ4n) is 1.37. The molecule has 5 amide bonds. The Labute approximate surface area is 92.2 Å². The van der Waals surface area contributed by atoms with E-state index in [0.29, 0.717) is 4.90 Å². The highest BCUT2D eigenvalue weighted by Gasteiger charge is 2.44. The Morgan fingerprint density at radius 3 is 2.12 bits per heavy atom. The molecule has 0 atom stereocenters. The molecule has 1 aliphatic rings. The molecule has 1 fully saturated rings. The molecule has 0 radical (unpaired) electrons. The summed E-state index contributed by atoms with van der Waals surface area (Å²) in [7, 11) is 0. The van der Waals surface area contributed by atoms with Crippen molar-refractivity contribution in [2.24, 2.45) is 11.7 Å². The van der Waals surface area contributed by atoms with Gasteiger partial charge in [-0.15, -0.1) is 0 Å². The number of nitrogens with zero attached hydrogens (tertiary/aromatic N) is 2. The molecular weight excluding hydrogens is 214 g/mol. The summed E-state index contributed by atoms with van der Waals surface area (Å²) < 4.78 is 0. The van der Waals surface area contributed by atoms with Gasteiger partial charge in [-0.05, 0) is 5.92 Å².